The predicted octanol–water partition coefficient (Wildman–Crippen LogP) is 3.16. The first-order valence-electron chi connectivity index (χ1n) is 7.29. The van der Waals surface area contributed by atoms with E-state index in [1.54, 1.807) is 13.2 Å². The number of hydrogen-bond acceptors (Lipinski definition) is 3. The van der Waals surface area contributed by atoms with Crippen molar-refractivity contribution in [3.05, 3.63) is 24.3 Å². The highest BCUT2D eigenvalue weighted by atomic mass is 16.5. The fourth-order valence-electron chi connectivity index (χ4n) is 1.86. The largest absolute Gasteiger partial charge is 0.497 e. The Morgan fingerprint density at radius 3 is 2.65 bits per heavy atom. The second-order valence-electron chi connectivity index (χ2n) is 4.69. The van der Waals surface area contributed by atoms with Gasteiger partial charge in [0, 0.05) is 12.6 Å². The number of carbonyl (C=O) groups is 1. The lowest BCUT2D eigenvalue weighted by atomic mass is 10.2. The molecule has 4 nitrogen and oxygen atoms in total. The van der Waals surface area contributed by atoms with Crippen LogP contribution in [0, 0.1) is 0 Å². The average Bonchev–Trinajstić information content (AvgIpc) is 2.49. The highest BCUT2D eigenvalue weighted by Gasteiger charge is 2.17. The van der Waals surface area contributed by atoms with Gasteiger partial charge in [0.15, 0.2) is 6.10 Å². The number of methoxy groups -OCH3 is 1. The van der Waals surface area contributed by atoms with Gasteiger partial charge in [0.25, 0.3) is 5.91 Å². The third kappa shape index (κ3) is 5.51. The molecule has 1 rings (SSSR count). The number of carbonyl (C=O) groups excluding carboxylic acids is 1. The van der Waals surface area contributed by atoms with Gasteiger partial charge in [0.1, 0.15) is 11.5 Å². The second-order valence-corrected chi connectivity index (χ2v) is 4.69. The summed E-state index contributed by atoms with van der Waals surface area (Å²) >= 11 is 0. The maximum absolute atomic E-state index is 12.0. The molecule has 1 amide bonds. The van der Waals surface area contributed by atoms with Crippen molar-refractivity contribution in [3.8, 4) is 11.5 Å². The predicted molar refractivity (Wildman–Crippen MR) is 80.2 cm³/mol. The zero-order chi connectivity index (χ0) is 14.8. The summed E-state index contributed by atoms with van der Waals surface area (Å²) in [6, 6.07) is 7.31. The zero-order valence-corrected chi connectivity index (χ0v) is 12.6. The van der Waals surface area contributed by atoms with Crippen molar-refractivity contribution in [2.75, 3.05) is 13.7 Å². The van der Waals surface area contributed by atoms with Crippen molar-refractivity contribution in [2.45, 2.75) is 45.6 Å². The normalized spacial score (nSPS) is 11.8. The van der Waals surface area contributed by atoms with Gasteiger partial charge < -0.3 is 14.8 Å². The Hall–Kier alpha value is -1.71. The van der Waals surface area contributed by atoms with E-state index < -0.39 is 6.10 Å². The summed E-state index contributed by atoms with van der Waals surface area (Å²) in [5, 5.41) is 2.92. The number of ether oxygens (including phenoxy) is 2. The van der Waals surface area contributed by atoms with Crippen molar-refractivity contribution >= 4 is 5.91 Å². The molecule has 0 radical (unpaired) electrons. The lowest BCUT2D eigenvalue weighted by molar-refractivity contribution is -0.128. The maximum atomic E-state index is 12.0. The molecular formula is C16H25NO3. The molecule has 1 aromatic carbocycles. The van der Waals surface area contributed by atoms with Gasteiger partial charge in [-0.05, 0) is 25.0 Å². The Kier molecular flexibility index (Phi) is 7.55. The number of rotatable bonds is 9. The van der Waals surface area contributed by atoms with E-state index in [0.29, 0.717) is 18.7 Å². The highest BCUT2D eigenvalue weighted by Crippen LogP contribution is 2.20. The third-order valence-corrected chi connectivity index (χ3v) is 3.06. The molecule has 0 aromatic heterocycles. The maximum Gasteiger partial charge on any atom is 0.261 e. The van der Waals surface area contributed by atoms with Crippen LogP contribution in [0.4, 0.5) is 0 Å². The minimum atomic E-state index is -0.455. The molecule has 0 saturated heterocycles. The van der Waals surface area contributed by atoms with Crippen LogP contribution in [0.1, 0.15) is 39.5 Å². The number of benzene rings is 1. The molecule has 1 aromatic rings. The van der Waals surface area contributed by atoms with E-state index >= 15 is 0 Å². The van der Waals surface area contributed by atoms with E-state index in [1.165, 1.54) is 0 Å². The summed E-state index contributed by atoms with van der Waals surface area (Å²) < 4.78 is 10.9. The van der Waals surface area contributed by atoms with E-state index in [4.69, 9.17) is 9.47 Å². The van der Waals surface area contributed by atoms with Crippen molar-refractivity contribution < 1.29 is 14.3 Å². The standard InChI is InChI=1S/C16H25NO3/c1-4-6-7-11-17-16(18)15(5-2)20-14-10-8-9-13(12-14)19-3/h8-10,12,15H,4-7,11H2,1-3H3,(H,17,18)/t15-/m0/s1. The molecule has 0 unspecified atom stereocenters. The monoisotopic (exact) mass is 279 g/mol. The lowest BCUT2D eigenvalue weighted by Gasteiger charge is -2.17. The van der Waals surface area contributed by atoms with Crippen LogP contribution in [-0.4, -0.2) is 25.7 Å². The first-order valence-corrected chi connectivity index (χ1v) is 7.29. The van der Waals surface area contributed by atoms with E-state index in [9.17, 15) is 4.79 Å². The molecule has 1 atom stereocenters. The molecular weight excluding hydrogens is 254 g/mol. The number of unbranched alkanes of at least 4 members (excludes halogenated alkanes) is 2. The third-order valence-electron chi connectivity index (χ3n) is 3.06. The van der Waals surface area contributed by atoms with Crippen molar-refractivity contribution in [3.63, 3.8) is 0 Å². The molecule has 0 bridgehead atoms. The van der Waals surface area contributed by atoms with Crippen LogP contribution in [-0.2, 0) is 4.79 Å². The van der Waals surface area contributed by atoms with E-state index in [2.05, 4.69) is 12.2 Å². The van der Waals surface area contributed by atoms with Crippen LogP contribution in [0.5, 0.6) is 11.5 Å². The summed E-state index contributed by atoms with van der Waals surface area (Å²) in [7, 11) is 1.61. The van der Waals surface area contributed by atoms with Gasteiger partial charge in [-0.15, -0.1) is 0 Å². The van der Waals surface area contributed by atoms with E-state index in [1.807, 2.05) is 25.1 Å². The minimum Gasteiger partial charge on any atom is -0.497 e. The molecule has 0 fully saturated rings. The zero-order valence-electron chi connectivity index (χ0n) is 12.6. The SMILES string of the molecule is CCCCCNC(=O)[C@H](CC)Oc1cccc(OC)c1. The summed E-state index contributed by atoms with van der Waals surface area (Å²) in [6.07, 6.45) is 3.47. The number of hydrogen-bond donors (Lipinski definition) is 1. The fourth-order valence-corrected chi connectivity index (χ4v) is 1.86. The summed E-state index contributed by atoms with van der Waals surface area (Å²) in [6.45, 7) is 4.80. The first-order chi connectivity index (χ1) is 9.71. The summed E-state index contributed by atoms with van der Waals surface area (Å²) in [5.74, 6) is 1.33. The molecule has 20 heavy (non-hydrogen) atoms. The van der Waals surface area contributed by atoms with Crippen LogP contribution < -0.4 is 14.8 Å². The number of amides is 1. The second kappa shape index (κ2) is 9.23. The molecule has 112 valence electrons. The Morgan fingerprint density at radius 1 is 1.25 bits per heavy atom. The average molecular weight is 279 g/mol. The van der Waals surface area contributed by atoms with Crippen LogP contribution in [0.3, 0.4) is 0 Å². The Bertz CT molecular complexity index is 406. The van der Waals surface area contributed by atoms with Gasteiger partial charge in [-0.2, -0.15) is 0 Å². The van der Waals surface area contributed by atoms with Crippen LogP contribution in [0.2, 0.25) is 0 Å². The van der Waals surface area contributed by atoms with Crippen LogP contribution in [0.25, 0.3) is 0 Å². The first kappa shape index (κ1) is 16.3. The fraction of sp³-hybridized carbons (Fsp3) is 0.562. The van der Waals surface area contributed by atoms with Gasteiger partial charge in [0.05, 0.1) is 7.11 Å². The van der Waals surface area contributed by atoms with Gasteiger partial charge in [-0.3, -0.25) is 4.79 Å². The topological polar surface area (TPSA) is 47.6 Å². The lowest BCUT2D eigenvalue weighted by Crippen LogP contribution is -2.38. The summed E-state index contributed by atoms with van der Waals surface area (Å²) in [5.41, 5.74) is 0. The van der Waals surface area contributed by atoms with Gasteiger partial charge in [-0.25, -0.2) is 0 Å². The molecule has 0 saturated carbocycles. The molecule has 0 aliphatic rings. The van der Waals surface area contributed by atoms with Crippen LogP contribution >= 0.6 is 0 Å². The Labute approximate surface area is 121 Å². The van der Waals surface area contributed by atoms with E-state index in [0.717, 1.165) is 25.0 Å². The minimum absolute atomic E-state index is 0.0496. The molecule has 0 aliphatic carbocycles. The van der Waals surface area contributed by atoms with Gasteiger partial charge >= 0.3 is 0 Å². The molecule has 1 N–H and O–H groups in total. The molecule has 0 spiro atoms. The molecule has 4 heteroatoms. The Morgan fingerprint density at radius 2 is 2.00 bits per heavy atom. The Balaban J connectivity index is 2.50. The van der Waals surface area contributed by atoms with Gasteiger partial charge in [0.2, 0.25) is 0 Å². The summed E-state index contributed by atoms with van der Waals surface area (Å²) in [4.78, 5) is 12.0. The van der Waals surface area contributed by atoms with Gasteiger partial charge in [-0.1, -0.05) is 32.8 Å². The highest BCUT2D eigenvalue weighted by molar-refractivity contribution is 5.81. The van der Waals surface area contributed by atoms with E-state index in [-0.39, 0.29) is 5.91 Å². The number of nitrogens with one attached hydrogen (secondary N) is 1. The smallest absolute Gasteiger partial charge is 0.261 e. The van der Waals surface area contributed by atoms with Crippen molar-refractivity contribution in [1.29, 1.82) is 0 Å². The molecule has 0 heterocycles. The molecule has 0 aliphatic heterocycles. The van der Waals surface area contributed by atoms with Crippen molar-refractivity contribution in [2.24, 2.45) is 0 Å². The quantitative estimate of drug-likeness (QED) is 0.706. The van der Waals surface area contributed by atoms with Crippen LogP contribution in [0.15, 0.2) is 24.3 Å². The van der Waals surface area contributed by atoms with Crippen molar-refractivity contribution in [1.82, 2.24) is 5.32 Å².